The third kappa shape index (κ3) is 5.54. The van der Waals surface area contributed by atoms with Crippen molar-refractivity contribution in [3.05, 3.63) is 23.3 Å². The van der Waals surface area contributed by atoms with Gasteiger partial charge >= 0.3 is 23.9 Å². The standard InChI is InChI=1S/C27H31NO12/c1-6-34-19(31)10-28-22-17(8-13(3)23(39-14(4)29)26(22)40-15(5)30)16-9-18-24(38-12-37-18)25(21(16)27(28)33)36-11-20(32)35-7-2/h8-9,13,22-23,26H,6-7,10-12H2,1-5H3/t13-,22+,23+,26-/m0/s1. The highest BCUT2D eigenvalue weighted by Crippen LogP contribution is 2.52. The van der Waals surface area contributed by atoms with E-state index in [1.54, 1.807) is 32.9 Å². The zero-order chi connectivity index (χ0) is 29.1. The monoisotopic (exact) mass is 561 g/mol. The van der Waals surface area contributed by atoms with Gasteiger partial charge in [-0.05, 0) is 25.5 Å². The summed E-state index contributed by atoms with van der Waals surface area (Å²) in [5.74, 6) is -3.49. The summed E-state index contributed by atoms with van der Waals surface area (Å²) >= 11 is 0. The van der Waals surface area contributed by atoms with Crippen molar-refractivity contribution in [3.8, 4) is 17.2 Å². The molecule has 1 amide bonds. The molecule has 1 aromatic rings. The first-order valence-electron chi connectivity index (χ1n) is 12.8. The quantitative estimate of drug-likeness (QED) is 0.318. The molecular formula is C27H31NO12. The molecule has 0 saturated carbocycles. The fourth-order valence-electron chi connectivity index (χ4n) is 5.13. The van der Waals surface area contributed by atoms with Crippen LogP contribution in [0, 0.1) is 5.92 Å². The second-order valence-electron chi connectivity index (χ2n) is 9.27. The van der Waals surface area contributed by atoms with Crippen LogP contribution in [0.1, 0.15) is 50.5 Å². The molecule has 1 aliphatic carbocycles. The Kier molecular flexibility index (Phi) is 8.50. The summed E-state index contributed by atoms with van der Waals surface area (Å²) in [4.78, 5) is 64.4. The van der Waals surface area contributed by atoms with Gasteiger partial charge in [0.15, 0.2) is 24.2 Å². The van der Waals surface area contributed by atoms with E-state index < -0.39 is 67.1 Å². The number of esters is 4. The molecule has 216 valence electrons. The number of ether oxygens (including phenoxy) is 7. The first-order valence-corrected chi connectivity index (χ1v) is 12.8. The van der Waals surface area contributed by atoms with E-state index in [0.29, 0.717) is 11.1 Å². The predicted molar refractivity (Wildman–Crippen MR) is 134 cm³/mol. The normalized spacial score (nSPS) is 22.4. The zero-order valence-corrected chi connectivity index (χ0v) is 22.8. The van der Waals surface area contributed by atoms with Gasteiger partial charge in [-0.2, -0.15) is 0 Å². The van der Waals surface area contributed by atoms with Crippen LogP contribution >= 0.6 is 0 Å². The Bertz CT molecular complexity index is 1250. The minimum Gasteiger partial charge on any atom is -0.477 e. The lowest BCUT2D eigenvalue weighted by Crippen LogP contribution is -2.60. The summed E-state index contributed by atoms with van der Waals surface area (Å²) in [6.07, 6.45) is -0.334. The number of amides is 1. The Balaban J connectivity index is 1.92. The molecule has 13 nitrogen and oxygen atoms in total. The van der Waals surface area contributed by atoms with Crippen molar-refractivity contribution >= 4 is 35.4 Å². The first kappa shape index (κ1) is 28.7. The lowest BCUT2D eigenvalue weighted by molar-refractivity contribution is -0.173. The molecule has 0 spiro atoms. The van der Waals surface area contributed by atoms with Crippen LogP contribution in [0.5, 0.6) is 17.2 Å². The molecule has 0 aromatic heterocycles. The number of fused-ring (bicyclic) bond motifs is 4. The second kappa shape index (κ2) is 11.8. The van der Waals surface area contributed by atoms with Crippen LogP contribution in [0.15, 0.2) is 12.1 Å². The summed E-state index contributed by atoms with van der Waals surface area (Å²) in [5.41, 5.74) is 0.879. The van der Waals surface area contributed by atoms with Crippen LogP contribution in [0.4, 0.5) is 0 Å². The van der Waals surface area contributed by atoms with E-state index in [0.717, 1.165) is 0 Å². The smallest absolute Gasteiger partial charge is 0.344 e. The fourth-order valence-corrected chi connectivity index (χ4v) is 5.13. The highest BCUT2D eigenvalue weighted by Gasteiger charge is 2.52. The van der Waals surface area contributed by atoms with Gasteiger partial charge in [-0.3, -0.25) is 19.2 Å². The number of rotatable bonds is 9. The van der Waals surface area contributed by atoms with Crippen LogP contribution in [0.3, 0.4) is 0 Å². The Morgan fingerprint density at radius 3 is 2.27 bits per heavy atom. The molecule has 40 heavy (non-hydrogen) atoms. The molecule has 1 aromatic carbocycles. The highest BCUT2D eigenvalue weighted by molar-refractivity contribution is 6.08. The molecule has 0 radical (unpaired) electrons. The molecule has 0 saturated heterocycles. The van der Waals surface area contributed by atoms with Gasteiger partial charge in [-0.1, -0.05) is 13.0 Å². The van der Waals surface area contributed by atoms with E-state index in [4.69, 9.17) is 33.2 Å². The number of hydrogen-bond acceptors (Lipinski definition) is 12. The molecule has 0 fully saturated rings. The van der Waals surface area contributed by atoms with Gasteiger partial charge < -0.3 is 38.1 Å². The van der Waals surface area contributed by atoms with Crippen LogP contribution in [-0.4, -0.2) is 86.1 Å². The number of benzene rings is 1. The number of carbonyl (C=O) groups is 5. The molecule has 2 heterocycles. The van der Waals surface area contributed by atoms with Crippen molar-refractivity contribution in [3.63, 3.8) is 0 Å². The predicted octanol–water partition coefficient (Wildman–Crippen LogP) is 1.64. The van der Waals surface area contributed by atoms with Crippen LogP contribution in [0.2, 0.25) is 0 Å². The largest absolute Gasteiger partial charge is 0.477 e. The average Bonchev–Trinajstić information content (AvgIpc) is 3.35. The van der Waals surface area contributed by atoms with E-state index in [1.165, 1.54) is 18.7 Å². The zero-order valence-electron chi connectivity index (χ0n) is 22.8. The maximum atomic E-state index is 14.2. The molecule has 13 heteroatoms. The maximum absolute atomic E-state index is 14.2. The van der Waals surface area contributed by atoms with Crippen molar-refractivity contribution in [2.24, 2.45) is 5.92 Å². The molecule has 2 aliphatic heterocycles. The lowest BCUT2D eigenvalue weighted by atomic mass is 9.75. The van der Waals surface area contributed by atoms with Crippen molar-refractivity contribution in [1.29, 1.82) is 0 Å². The molecule has 4 atom stereocenters. The third-order valence-electron chi connectivity index (χ3n) is 6.50. The number of hydrogen-bond donors (Lipinski definition) is 0. The van der Waals surface area contributed by atoms with Gasteiger partial charge in [0.2, 0.25) is 12.5 Å². The van der Waals surface area contributed by atoms with Gasteiger partial charge in [0.05, 0.1) is 24.8 Å². The van der Waals surface area contributed by atoms with Crippen molar-refractivity contribution in [2.75, 3.05) is 33.2 Å². The van der Waals surface area contributed by atoms with Crippen molar-refractivity contribution in [1.82, 2.24) is 4.90 Å². The van der Waals surface area contributed by atoms with Crippen molar-refractivity contribution in [2.45, 2.75) is 52.9 Å². The summed E-state index contributed by atoms with van der Waals surface area (Å²) in [6.45, 7) is 6.47. The second-order valence-corrected chi connectivity index (χ2v) is 9.27. The van der Waals surface area contributed by atoms with Crippen molar-refractivity contribution < 1.29 is 57.1 Å². The molecule has 3 aliphatic rings. The first-order chi connectivity index (χ1) is 19.1. The van der Waals surface area contributed by atoms with Gasteiger partial charge in [0.1, 0.15) is 12.6 Å². The summed E-state index contributed by atoms with van der Waals surface area (Å²) in [6, 6.07) is 0.559. The fraction of sp³-hybridized carbons (Fsp3) is 0.519. The minimum atomic E-state index is -1.16. The molecule has 0 unspecified atom stereocenters. The molecule has 0 N–H and O–H groups in total. The SMILES string of the molecule is CCOC(=O)COc1c2c(cc3c1C(=O)N(CC(=O)OCC)[C@@H]1C3=C[C@H](C)[C@@H](OC(C)=O)[C@H]1OC(C)=O)OCO2. The van der Waals surface area contributed by atoms with E-state index >= 15 is 0 Å². The van der Waals surface area contributed by atoms with Crippen LogP contribution < -0.4 is 14.2 Å². The van der Waals surface area contributed by atoms with E-state index in [9.17, 15) is 24.0 Å². The number of carbonyl (C=O) groups excluding carboxylic acids is 5. The molecule has 0 bridgehead atoms. The lowest BCUT2D eigenvalue weighted by Gasteiger charge is -2.47. The summed E-state index contributed by atoms with van der Waals surface area (Å²) < 4.78 is 38.2. The van der Waals surface area contributed by atoms with Gasteiger partial charge in [-0.15, -0.1) is 0 Å². The summed E-state index contributed by atoms with van der Waals surface area (Å²) in [5, 5.41) is 0. The van der Waals surface area contributed by atoms with E-state index in [1.807, 2.05) is 0 Å². The maximum Gasteiger partial charge on any atom is 0.344 e. The van der Waals surface area contributed by atoms with Crippen LogP contribution in [0.25, 0.3) is 5.57 Å². The van der Waals surface area contributed by atoms with E-state index in [-0.39, 0.29) is 42.8 Å². The Morgan fingerprint density at radius 2 is 1.62 bits per heavy atom. The molecule has 4 rings (SSSR count). The Labute approximate surface area is 230 Å². The third-order valence-corrected chi connectivity index (χ3v) is 6.50. The summed E-state index contributed by atoms with van der Waals surface area (Å²) in [7, 11) is 0. The topological polar surface area (TPSA) is 153 Å². The highest BCUT2D eigenvalue weighted by atomic mass is 16.7. The van der Waals surface area contributed by atoms with Crippen LogP contribution in [-0.2, 0) is 38.1 Å². The molecular weight excluding hydrogens is 530 g/mol. The average molecular weight is 562 g/mol. The Hall–Kier alpha value is -4.29. The van der Waals surface area contributed by atoms with Gasteiger partial charge in [0.25, 0.3) is 5.91 Å². The van der Waals surface area contributed by atoms with Gasteiger partial charge in [0, 0.05) is 25.3 Å². The Morgan fingerprint density at radius 1 is 0.975 bits per heavy atom. The van der Waals surface area contributed by atoms with E-state index in [2.05, 4.69) is 0 Å². The minimum absolute atomic E-state index is 0.0139. The van der Waals surface area contributed by atoms with Gasteiger partial charge in [-0.25, -0.2) is 4.79 Å². The number of nitrogens with zero attached hydrogens (tertiary/aromatic N) is 1.